The summed E-state index contributed by atoms with van der Waals surface area (Å²) in [5.41, 5.74) is 1.32. The molecular weight excluding hydrogens is 408 g/mol. The fourth-order valence-corrected chi connectivity index (χ4v) is 5.73. The van der Waals surface area contributed by atoms with Crippen molar-refractivity contribution in [1.82, 2.24) is 0 Å². The molecule has 1 saturated carbocycles. The van der Waals surface area contributed by atoms with Crippen LogP contribution in [0.2, 0.25) is 0 Å². The van der Waals surface area contributed by atoms with Crippen molar-refractivity contribution >= 4 is 11.0 Å². The number of aromatic hydroxyl groups is 2. The van der Waals surface area contributed by atoms with Gasteiger partial charge in [-0.2, -0.15) is 0 Å². The molecule has 0 bridgehead atoms. The number of methoxy groups -OCH3 is 1. The highest BCUT2D eigenvalue weighted by molar-refractivity contribution is 5.89. The van der Waals surface area contributed by atoms with E-state index < -0.39 is 0 Å². The maximum atomic E-state index is 13.3. The van der Waals surface area contributed by atoms with Crippen molar-refractivity contribution < 1.29 is 24.1 Å². The molecule has 2 heterocycles. The van der Waals surface area contributed by atoms with E-state index in [9.17, 15) is 15.0 Å². The van der Waals surface area contributed by atoms with Crippen LogP contribution in [0.1, 0.15) is 45.6 Å². The number of phenolic OH excluding ortho intramolecular Hbond substituents is 2. The summed E-state index contributed by atoms with van der Waals surface area (Å²) in [6.07, 6.45) is 3.95. The van der Waals surface area contributed by atoms with E-state index in [1.165, 1.54) is 18.2 Å². The lowest BCUT2D eigenvalue weighted by atomic mass is 9.59. The first-order valence-electron chi connectivity index (χ1n) is 11.0. The Bertz CT molecular complexity index is 1290. The first kappa shape index (κ1) is 20.7. The molecule has 0 unspecified atom stereocenters. The van der Waals surface area contributed by atoms with E-state index in [0.717, 1.165) is 31.2 Å². The summed E-state index contributed by atoms with van der Waals surface area (Å²) in [4.78, 5) is 13.3. The SMILES string of the molecule is COc1cc2oc(-c3ccc(O)c(O)c3)cc(=O)c2c2c1C[C@H]1C(C)(C)CCC[C@]1(C)O2. The monoisotopic (exact) mass is 436 g/mol. The number of hydrogen-bond acceptors (Lipinski definition) is 6. The lowest BCUT2D eigenvalue weighted by Gasteiger charge is -2.53. The predicted octanol–water partition coefficient (Wildman–Crippen LogP) is 5.40. The summed E-state index contributed by atoms with van der Waals surface area (Å²) in [6, 6.07) is 7.46. The first-order valence-corrected chi connectivity index (χ1v) is 11.0. The molecule has 6 heteroatoms. The molecule has 1 fully saturated rings. The van der Waals surface area contributed by atoms with Crippen LogP contribution in [0.5, 0.6) is 23.0 Å². The van der Waals surface area contributed by atoms with E-state index in [1.807, 2.05) is 0 Å². The van der Waals surface area contributed by atoms with Crippen LogP contribution in [0.25, 0.3) is 22.3 Å². The summed E-state index contributed by atoms with van der Waals surface area (Å²) in [5, 5.41) is 19.9. The van der Waals surface area contributed by atoms with Gasteiger partial charge in [-0.15, -0.1) is 0 Å². The number of phenols is 2. The van der Waals surface area contributed by atoms with Crippen LogP contribution in [0.15, 0.2) is 39.5 Å². The maximum absolute atomic E-state index is 13.3. The van der Waals surface area contributed by atoms with Crippen LogP contribution in [0.3, 0.4) is 0 Å². The summed E-state index contributed by atoms with van der Waals surface area (Å²) in [6.45, 7) is 6.75. The molecule has 1 aliphatic heterocycles. The number of fused-ring (bicyclic) bond motifs is 4. The van der Waals surface area contributed by atoms with Crippen molar-refractivity contribution in [3.05, 3.63) is 46.1 Å². The van der Waals surface area contributed by atoms with Crippen molar-refractivity contribution in [1.29, 1.82) is 0 Å². The third-order valence-electron chi connectivity index (χ3n) is 7.43. The Morgan fingerprint density at radius 3 is 2.56 bits per heavy atom. The van der Waals surface area contributed by atoms with Crippen molar-refractivity contribution in [3.8, 4) is 34.3 Å². The Morgan fingerprint density at radius 2 is 1.84 bits per heavy atom. The zero-order valence-electron chi connectivity index (χ0n) is 18.8. The van der Waals surface area contributed by atoms with Gasteiger partial charge in [0, 0.05) is 29.2 Å². The molecule has 168 valence electrons. The number of benzene rings is 2. The Hall–Kier alpha value is -3.15. The topological polar surface area (TPSA) is 89.1 Å². The molecule has 1 aromatic heterocycles. The molecule has 0 spiro atoms. The number of ether oxygens (including phenoxy) is 2. The Balaban J connectivity index is 1.72. The molecule has 6 nitrogen and oxygen atoms in total. The van der Waals surface area contributed by atoms with Gasteiger partial charge < -0.3 is 24.1 Å². The molecule has 5 rings (SSSR count). The summed E-state index contributed by atoms with van der Waals surface area (Å²) in [7, 11) is 1.61. The van der Waals surface area contributed by atoms with Crippen LogP contribution in [0.4, 0.5) is 0 Å². The molecule has 1 aliphatic carbocycles. The van der Waals surface area contributed by atoms with E-state index in [4.69, 9.17) is 13.9 Å². The predicted molar refractivity (Wildman–Crippen MR) is 122 cm³/mol. The molecule has 2 aromatic carbocycles. The van der Waals surface area contributed by atoms with Gasteiger partial charge in [0.05, 0.1) is 7.11 Å². The zero-order valence-corrected chi connectivity index (χ0v) is 18.8. The van der Waals surface area contributed by atoms with Crippen molar-refractivity contribution in [2.45, 2.75) is 52.1 Å². The highest BCUT2D eigenvalue weighted by atomic mass is 16.5. The van der Waals surface area contributed by atoms with Gasteiger partial charge in [0.1, 0.15) is 33.8 Å². The quantitative estimate of drug-likeness (QED) is 0.523. The second-order valence-corrected chi connectivity index (χ2v) is 9.95. The second kappa shape index (κ2) is 6.92. The van der Waals surface area contributed by atoms with Gasteiger partial charge in [-0.05, 0) is 56.2 Å². The summed E-state index contributed by atoms with van der Waals surface area (Å²) >= 11 is 0. The van der Waals surface area contributed by atoms with Gasteiger partial charge in [-0.1, -0.05) is 13.8 Å². The lowest BCUT2D eigenvalue weighted by molar-refractivity contribution is -0.0810. The van der Waals surface area contributed by atoms with E-state index in [-0.39, 0.29) is 27.9 Å². The average molecular weight is 437 g/mol. The molecule has 3 aromatic rings. The minimum Gasteiger partial charge on any atom is -0.504 e. The van der Waals surface area contributed by atoms with Crippen molar-refractivity contribution in [2.75, 3.05) is 7.11 Å². The van der Waals surface area contributed by atoms with Crippen molar-refractivity contribution in [2.24, 2.45) is 11.3 Å². The zero-order chi connectivity index (χ0) is 22.8. The van der Waals surface area contributed by atoms with Gasteiger partial charge >= 0.3 is 0 Å². The van der Waals surface area contributed by atoms with E-state index in [2.05, 4.69) is 20.8 Å². The summed E-state index contributed by atoms with van der Waals surface area (Å²) < 4.78 is 18.5. The molecule has 2 N–H and O–H groups in total. The normalized spacial score (nSPS) is 23.8. The van der Waals surface area contributed by atoms with Crippen molar-refractivity contribution in [3.63, 3.8) is 0 Å². The smallest absolute Gasteiger partial charge is 0.197 e. The third kappa shape index (κ3) is 3.04. The number of rotatable bonds is 2. The fraction of sp³-hybridized carbons (Fsp3) is 0.423. The van der Waals surface area contributed by atoms with Crippen LogP contribution in [-0.4, -0.2) is 22.9 Å². The van der Waals surface area contributed by atoms with E-state index in [1.54, 1.807) is 19.2 Å². The van der Waals surface area contributed by atoms with Gasteiger partial charge in [-0.25, -0.2) is 0 Å². The Morgan fingerprint density at radius 1 is 1.06 bits per heavy atom. The third-order valence-corrected chi connectivity index (χ3v) is 7.43. The second-order valence-electron chi connectivity index (χ2n) is 9.95. The van der Waals surface area contributed by atoms with Gasteiger partial charge in [0.25, 0.3) is 0 Å². The van der Waals surface area contributed by atoms with Crippen LogP contribution >= 0.6 is 0 Å². The average Bonchev–Trinajstić information content (AvgIpc) is 2.73. The van der Waals surface area contributed by atoms with Crippen LogP contribution < -0.4 is 14.9 Å². The van der Waals surface area contributed by atoms with E-state index in [0.29, 0.717) is 39.7 Å². The highest BCUT2D eigenvalue weighted by Crippen LogP contribution is 2.55. The van der Waals surface area contributed by atoms with Gasteiger partial charge in [0.2, 0.25) is 0 Å². The molecule has 0 saturated heterocycles. The summed E-state index contributed by atoms with van der Waals surface area (Å²) in [5.74, 6) is 1.29. The highest BCUT2D eigenvalue weighted by Gasteiger charge is 2.51. The Kier molecular flexibility index (Phi) is 4.49. The fourth-order valence-electron chi connectivity index (χ4n) is 5.73. The first-order chi connectivity index (χ1) is 15.1. The largest absolute Gasteiger partial charge is 0.504 e. The molecular formula is C26H28O6. The molecule has 2 atom stereocenters. The van der Waals surface area contributed by atoms with Gasteiger partial charge in [0.15, 0.2) is 16.9 Å². The van der Waals surface area contributed by atoms with Crippen LogP contribution in [-0.2, 0) is 6.42 Å². The minimum absolute atomic E-state index is 0.125. The van der Waals surface area contributed by atoms with Crippen LogP contribution in [0, 0.1) is 11.3 Å². The van der Waals surface area contributed by atoms with E-state index >= 15 is 0 Å². The standard InChI is InChI=1S/C26H28O6/c1-25(2)8-5-9-26(3)22(25)11-15-20(30-4)13-21-23(24(15)32-26)18(29)12-19(31-21)14-6-7-16(27)17(28)10-14/h6-7,10,12-13,22,27-28H,5,8-9,11H2,1-4H3/t22-,26-/m0/s1. The molecule has 0 radical (unpaired) electrons. The lowest BCUT2D eigenvalue weighted by Crippen LogP contribution is -2.54. The molecule has 2 aliphatic rings. The minimum atomic E-state index is -0.359. The molecule has 0 amide bonds. The molecule has 32 heavy (non-hydrogen) atoms. The van der Waals surface area contributed by atoms with Gasteiger partial charge in [-0.3, -0.25) is 4.79 Å². The maximum Gasteiger partial charge on any atom is 0.197 e. The Labute approximate surface area is 186 Å². The number of hydrogen-bond donors (Lipinski definition) is 2.